The summed E-state index contributed by atoms with van der Waals surface area (Å²) in [4.78, 5) is 22.5. The Bertz CT molecular complexity index is 864. The van der Waals surface area contributed by atoms with Crippen molar-refractivity contribution in [2.45, 2.75) is 32.2 Å². The number of amides is 1. The van der Waals surface area contributed by atoms with Gasteiger partial charge in [-0.05, 0) is 30.5 Å². The second kappa shape index (κ2) is 8.17. The molecule has 0 unspecified atom stereocenters. The number of rotatable bonds is 4. The van der Waals surface area contributed by atoms with Crippen LogP contribution in [-0.4, -0.2) is 45.8 Å². The lowest BCUT2D eigenvalue weighted by Crippen LogP contribution is -2.57. The second-order valence-electron chi connectivity index (χ2n) is 7.10. The zero-order valence-corrected chi connectivity index (χ0v) is 16.9. The fourth-order valence-electron chi connectivity index (χ4n) is 3.46. The minimum atomic E-state index is -2.95. The van der Waals surface area contributed by atoms with Crippen LogP contribution in [0.25, 0.3) is 0 Å². The number of alkyl halides is 2. The number of nitrogens with one attached hydrogen (secondary N) is 1. The Balaban J connectivity index is 1.85. The van der Waals surface area contributed by atoms with Crippen molar-refractivity contribution in [2.75, 3.05) is 18.4 Å². The summed E-state index contributed by atoms with van der Waals surface area (Å²) in [5, 5.41) is 3.79. The summed E-state index contributed by atoms with van der Waals surface area (Å²) >= 11 is 11.8. The Labute approximate surface area is 172 Å². The van der Waals surface area contributed by atoms with E-state index >= 15 is 0 Å². The van der Waals surface area contributed by atoms with E-state index in [1.807, 2.05) is 0 Å². The summed E-state index contributed by atoms with van der Waals surface area (Å²) in [6, 6.07) is 4.43. The third kappa shape index (κ3) is 4.70. The van der Waals surface area contributed by atoms with Crippen LogP contribution in [0.1, 0.15) is 29.3 Å². The van der Waals surface area contributed by atoms with Gasteiger partial charge in [-0.15, -0.1) is 0 Å². The van der Waals surface area contributed by atoms with Gasteiger partial charge in [-0.2, -0.15) is 0 Å². The van der Waals surface area contributed by atoms with Crippen LogP contribution in [0.15, 0.2) is 30.6 Å². The Hall–Kier alpha value is -1.99. The molecule has 150 valence electrons. The summed E-state index contributed by atoms with van der Waals surface area (Å²) in [7, 11) is 0. The van der Waals surface area contributed by atoms with Gasteiger partial charge in [-0.1, -0.05) is 36.2 Å². The van der Waals surface area contributed by atoms with E-state index in [9.17, 15) is 13.6 Å². The Morgan fingerprint density at radius 3 is 2.64 bits per heavy atom. The number of hydrogen-bond acceptors (Lipinski definition) is 4. The highest BCUT2D eigenvalue weighted by molar-refractivity contribution is 6.31. The highest BCUT2D eigenvalue weighted by atomic mass is 35.5. The van der Waals surface area contributed by atoms with Crippen LogP contribution in [0.3, 0.4) is 0 Å². The maximum Gasteiger partial charge on any atom is 0.265 e. The largest absolute Gasteiger partial charge is 0.352 e. The van der Waals surface area contributed by atoms with Gasteiger partial charge in [0.25, 0.3) is 11.8 Å². The molecule has 0 radical (unpaired) electrons. The van der Waals surface area contributed by atoms with Gasteiger partial charge in [0, 0.05) is 23.6 Å². The van der Waals surface area contributed by atoms with E-state index < -0.39 is 30.3 Å². The number of carbonyl (C=O) groups is 1. The molecular formula is C19H20Cl2F2N4O. The molecular weight excluding hydrogens is 409 g/mol. The maximum absolute atomic E-state index is 14.3. The molecule has 2 heterocycles. The molecule has 0 bridgehead atoms. The number of aryl methyl sites for hydroxylation is 1. The summed E-state index contributed by atoms with van der Waals surface area (Å²) in [6.07, 6.45) is 2.58. The molecule has 1 amide bonds. The number of piperidine rings is 1. The molecule has 2 atom stereocenters. The molecule has 1 N–H and O–H groups in total. The SMILES string of the molecule is Cc1ccc(Cl)cc1C(=O)N1CC(F)(F)C[C@@H](C)[C@H]1CNc1ncc(Cl)cn1. The number of benzene rings is 1. The molecule has 1 aromatic heterocycles. The number of likely N-dealkylation sites (tertiary alicyclic amines) is 1. The number of aromatic nitrogens is 2. The highest BCUT2D eigenvalue weighted by Crippen LogP contribution is 2.35. The minimum Gasteiger partial charge on any atom is -0.352 e. The van der Waals surface area contributed by atoms with Crippen molar-refractivity contribution in [1.82, 2.24) is 14.9 Å². The molecule has 5 nitrogen and oxygen atoms in total. The van der Waals surface area contributed by atoms with Gasteiger partial charge < -0.3 is 10.2 Å². The average Bonchev–Trinajstić information content (AvgIpc) is 2.62. The van der Waals surface area contributed by atoms with Gasteiger partial charge in [0.1, 0.15) is 0 Å². The van der Waals surface area contributed by atoms with Crippen molar-refractivity contribution in [3.63, 3.8) is 0 Å². The normalized spacial score (nSPS) is 21.4. The van der Waals surface area contributed by atoms with E-state index in [2.05, 4.69) is 15.3 Å². The fraction of sp³-hybridized carbons (Fsp3) is 0.421. The smallest absolute Gasteiger partial charge is 0.265 e. The molecule has 2 aromatic rings. The van der Waals surface area contributed by atoms with Gasteiger partial charge in [0.05, 0.1) is 30.0 Å². The first-order valence-electron chi connectivity index (χ1n) is 8.82. The van der Waals surface area contributed by atoms with Crippen LogP contribution in [0.2, 0.25) is 10.0 Å². The Morgan fingerprint density at radius 1 is 1.29 bits per heavy atom. The van der Waals surface area contributed by atoms with Crippen LogP contribution in [-0.2, 0) is 0 Å². The fourth-order valence-corrected chi connectivity index (χ4v) is 3.73. The van der Waals surface area contributed by atoms with Crippen molar-refractivity contribution in [3.8, 4) is 0 Å². The van der Waals surface area contributed by atoms with E-state index in [0.717, 1.165) is 0 Å². The van der Waals surface area contributed by atoms with Crippen LogP contribution in [0.4, 0.5) is 14.7 Å². The number of nitrogens with zero attached hydrogens (tertiary/aromatic N) is 3. The maximum atomic E-state index is 14.3. The Morgan fingerprint density at radius 2 is 1.96 bits per heavy atom. The zero-order chi connectivity index (χ0) is 20.5. The van der Waals surface area contributed by atoms with Crippen LogP contribution in [0.5, 0.6) is 0 Å². The molecule has 0 aliphatic carbocycles. The predicted octanol–water partition coefficient (Wildman–Crippen LogP) is 4.69. The van der Waals surface area contributed by atoms with Crippen LogP contribution < -0.4 is 5.32 Å². The Kier molecular flexibility index (Phi) is 6.05. The number of carbonyl (C=O) groups excluding carboxylic acids is 1. The lowest BCUT2D eigenvalue weighted by molar-refractivity contribution is -0.0897. The van der Waals surface area contributed by atoms with E-state index in [1.54, 1.807) is 26.0 Å². The third-order valence-electron chi connectivity index (χ3n) is 4.86. The predicted molar refractivity (Wildman–Crippen MR) is 105 cm³/mol. The topological polar surface area (TPSA) is 58.1 Å². The molecule has 3 rings (SSSR count). The molecule has 0 spiro atoms. The lowest BCUT2D eigenvalue weighted by atomic mass is 9.87. The van der Waals surface area contributed by atoms with E-state index in [0.29, 0.717) is 27.1 Å². The van der Waals surface area contributed by atoms with Crippen molar-refractivity contribution in [2.24, 2.45) is 5.92 Å². The molecule has 0 saturated carbocycles. The van der Waals surface area contributed by atoms with E-state index in [1.165, 1.54) is 23.4 Å². The quantitative estimate of drug-likeness (QED) is 0.766. The molecule has 28 heavy (non-hydrogen) atoms. The molecule has 1 aromatic carbocycles. The van der Waals surface area contributed by atoms with Crippen molar-refractivity contribution < 1.29 is 13.6 Å². The number of halogens is 4. The first-order valence-corrected chi connectivity index (χ1v) is 9.58. The van der Waals surface area contributed by atoms with E-state index in [-0.39, 0.29) is 13.0 Å². The van der Waals surface area contributed by atoms with Gasteiger partial charge in [-0.25, -0.2) is 18.7 Å². The lowest BCUT2D eigenvalue weighted by Gasteiger charge is -2.43. The molecule has 1 aliphatic rings. The summed E-state index contributed by atoms with van der Waals surface area (Å²) in [6.45, 7) is 3.07. The third-order valence-corrected chi connectivity index (χ3v) is 5.29. The average molecular weight is 429 g/mol. The second-order valence-corrected chi connectivity index (χ2v) is 7.98. The van der Waals surface area contributed by atoms with Gasteiger partial charge >= 0.3 is 0 Å². The molecule has 9 heteroatoms. The van der Waals surface area contributed by atoms with Crippen molar-refractivity contribution in [3.05, 3.63) is 51.8 Å². The molecule has 1 aliphatic heterocycles. The van der Waals surface area contributed by atoms with Gasteiger partial charge in [-0.3, -0.25) is 4.79 Å². The number of hydrogen-bond donors (Lipinski definition) is 1. The minimum absolute atomic E-state index is 0.240. The molecule has 1 saturated heterocycles. The van der Waals surface area contributed by atoms with E-state index in [4.69, 9.17) is 23.2 Å². The summed E-state index contributed by atoms with van der Waals surface area (Å²) < 4.78 is 28.5. The van der Waals surface area contributed by atoms with Gasteiger partial charge in [0.2, 0.25) is 5.95 Å². The zero-order valence-electron chi connectivity index (χ0n) is 15.4. The van der Waals surface area contributed by atoms with Crippen molar-refractivity contribution in [1.29, 1.82) is 0 Å². The van der Waals surface area contributed by atoms with Crippen LogP contribution >= 0.6 is 23.2 Å². The standard InChI is InChI=1S/C19H20Cl2F2N4O/c1-11-3-4-13(20)5-15(11)17(28)27-10-19(22,23)6-12(2)16(27)9-26-18-24-7-14(21)8-25-18/h3-5,7-8,12,16H,6,9-10H2,1-2H3,(H,24,25,26)/t12-,16-/m1/s1. The molecule has 1 fully saturated rings. The monoisotopic (exact) mass is 428 g/mol. The van der Waals surface area contributed by atoms with Crippen molar-refractivity contribution >= 4 is 35.1 Å². The van der Waals surface area contributed by atoms with Gasteiger partial charge in [0.15, 0.2) is 0 Å². The summed E-state index contributed by atoms with van der Waals surface area (Å²) in [5.74, 6) is -3.52. The summed E-state index contributed by atoms with van der Waals surface area (Å²) in [5.41, 5.74) is 1.01. The van der Waals surface area contributed by atoms with Crippen LogP contribution in [0, 0.1) is 12.8 Å². The number of anilines is 1. The first-order chi connectivity index (χ1) is 13.2. The highest BCUT2D eigenvalue weighted by Gasteiger charge is 2.46. The first kappa shape index (κ1) is 20.7.